The van der Waals surface area contributed by atoms with E-state index >= 15 is 0 Å². The summed E-state index contributed by atoms with van der Waals surface area (Å²) in [5.41, 5.74) is 9.97. The Morgan fingerprint density at radius 3 is 2.79 bits per heavy atom. The van der Waals surface area contributed by atoms with E-state index in [2.05, 4.69) is 65.3 Å². The van der Waals surface area contributed by atoms with Crippen LogP contribution < -0.4 is 5.73 Å². The highest BCUT2D eigenvalue weighted by Crippen LogP contribution is 2.33. The molecule has 1 aliphatic heterocycles. The lowest BCUT2D eigenvalue weighted by Gasteiger charge is -2.17. The number of rotatable bonds is 4. The van der Waals surface area contributed by atoms with Gasteiger partial charge in [-0.3, -0.25) is 4.90 Å². The molecule has 0 unspecified atom stereocenters. The predicted octanol–water partition coefficient (Wildman–Crippen LogP) is 3.78. The van der Waals surface area contributed by atoms with Crippen molar-refractivity contribution in [3.05, 3.63) is 64.7 Å². The summed E-state index contributed by atoms with van der Waals surface area (Å²) in [5, 5.41) is 1.13. The third kappa shape index (κ3) is 3.09. The molecule has 0 spiro atoms. The normalized spacial score (nSPS) is 21.6. The molecular formula is C20H23N3S. The van der Waals surface area contributed by atoms with E-state index in [1.54, 1.807) is 11.3 Å². The zero-order valence-corrected chi connectivity index (χ0v) is 14.8. The van der Waals surface area contributed by atoms with Gasteiger partial charge < -0.3 is 5.73 Å². The predicted molar refractivity (Wildman–Crippen MR) is 101 cm³/mol. The van der Waals surface area contributed by atoms with Crippen LogP contribution in [-0.4, -0.2) is 29.5 Å². The summed E-state index contributed by atoms with van der Waals surface area (Å²) in [7, 11) is 0. The van der Waals surface area contributed by atoms with Gasteiger partial charge in [-0.15, -0.1) is 11.3 Å². The molecule has 3 aromatic rings. The molecule has 2 heterocycles. The van der Waals surface area contributed by atoms with Crippen LogP contribution in [0.5, 0.6) is 0 Å². The number of benzene rings is 2. The van der Waals surface area contributed by atoms with Gasteiger partial charge in [-0.2, -0.15) is 0 Å². The van der Waals surface area contributed by atoms with Crippen molar-refractivity contribution in [1.82, 2.24) is 9.88 Å². The molecule has 24 heavy (non-hydrogen) atoms. The zero-order valence-electron chi connectivity index (χ0n) is 14.0. The van der Waals surface area contributed by atoms with E-state index in [4.69, 9.17) is 5.73 Å². The van der Waals surface area contributed by atoms with E-state index in [1.807, 2.05) is 0 Å². The number of aryl methyl sites for hydroxylation is 1. The van der Waals surface area contributed by atoms with Crippen LogP contribution in [0.2, 0.25) is 0 Å². The molecule has 4 rings (SSSR count). The number of fused-ring (bicyclic) bond motifs is 1. The van der Waals surface area contributed by atoms with Crippen LogP contribution in [0.3, 0.4) is 0 Å². The molecule has 1 aliphatic rings. The Balaban J connectivity index is 1.52. The smallest absolute Gasteiger partial charge is 0.0907 e. The first-order valence-corrected chi connectivity index (χ1v) is 9.38. The van der Waals surface area contributed by atoms with Gasteiger partial charge in [0.15, 0.2) is 0 Å². The number of aromatic nitrogens is 1. The van der Waals surface area contributed by atoms with Crippen molar-refractivity contribution in [2.75, 3.05) is 19.6 Å². The van der Waals surface area contributed by atoms with Gasteiger partial charge in [-0.05, 0) is 42.6 Å². The van der Waals surface area contributed by atoms with E-state index in [0.29, 0.717) is 11.8 Å². The number of thiazole rings is 1. The molecule has 124 valence electrons. The molecule has 1 saturated heterocycles. The van der Waals surface area contributed by atoms with Gasteiger partial charge in [0.05, 0.1) is 15.2 Å². The molecule has 0 bridgehead atoms. The van der Waals surface area contributed by atoms with Crippen molar-refractivity contribution in [2.45, 2.75) is 19.4 Å². The van der Waals surface area contributed by atoms with E-state index < -0.39 is 0 Å². The van der Waals surface area contributed by atoms with Gasteiger partial charge in [-0.25, -0.2) is 4.98 Å². The summed E-state index contributed by atoms with van der Waals surface area (Å²) in [5.74, 6) is 1.09. The molecule has 1 fully saturated rings. The van der Waals surface area contributed by atoms with Crippen molar-refractivity contribution < 1.29 is 0 Å². The number of hydrogen-bond donors (Lipinski definition) is 1. The Labute approximate surface area is 147 Å². The van der Waals surface area contributed by atoms with Crippen LogP contribution in [0.15, 0.2) is 48.5 Å². The average molecular weight is 337 g/mol. The largest absolute Gasteiger partial charge is 0.330 e. The highest BCUT2D eigenvalue weighted by Gasteiger charge is 2.32. The summed E-state index contributed by atoms with van der Waals surface area (Å²) < 4.78 is 1.29. The molecule has 0 aliphatic carbocycles. The lowest BCUT2D eigenvalue weighted by Crippen LogP contribution is -2.23. The number of likely N-dealkylation sites (tertiary alicyclic amines) is 1. The Bertz CT molecular complexity index is 827. The van der Waals surface area contributed by atoms with Crippen molar-refractivity contribution in [3.8, 4) is 0 Å². The van der Waals surface area contributed by atoms with Crippen molar-refractivity contribution in [3.63, 3.8) is 0 Å². The van der Waals surface area contributed by atoms with Gasteiger partial charge in [0.1, 0.15) is 0 Å². The maximum absolute atomic E-state index is 6.06. The molecular weight excluding hydrogens is 314 g/mol. The van der Waals surface area contributed by atoms with Crippen LogP contribution in [0.25, 0.3) is 10.2 Å². The first-order chi connectivity index (χ1) is 11.7. The molecule has 3 nitrogen and oxygen atoms in total. The van der Waals surface area contributed by atoms with E-state index in [1.165, 1.54) is 15.8 Å². The quantitative estimate of drug-likeness (QED) is 0.788. The summed E-state index contributed by atoms with van der Waals surface area (Å²) in [6.45, 7) is 5.98. The average Bonchev–Trinajstić information content (AvgIpc) is 3.17. The minimum Gasteiger partial charge on any atom is -0.330 e. The molecule has 0 amide bonds. The van der Waals surface area contributed by atoms with Crippen LogP contribution in [-0.2, 0) is 6.54 Å². The first kappa shape index (κ1) is 15.8. The Morgan fingerprint density at radius 2 is 2.00 bits per heavy atom. The number of hydrogen-bond acceptors (Lipinski definition) is 4. The third-order valence-corrected chi connectivity index (χ3v) is 5.95. The summed E-state index contributed by atoms with van der Waals surface area (Å²) in [6, 6.07) is 17.5. The molecule has 1 aromatic heterocycles. The second-order valence-corrected chi connectivity index (χ2v) is 7.98. The molecule has 2 aromatic carbocycles. The Hall–Kier alpha value is -1.75. The summed E-state index contributed by atoms with van der Waals surface area (Å²) in [6.07, 6.45) is 0. The fourth-order valence-electron chi connectivity index (χ4n) is 3.85. The van der Waals surface area contributed by atoms with E-state index in [9.17, 15) is 0 Å². The highest BCUT2D eigenvalue weighted by atomic mass is 32.1. The third-order valence-electron chi connectivity index (χ3n) is 5.01. The van der Waals surface area contributed by atoms with Crippen LogP contribution in [0.1, 0.15) is 22.1 Å². The van der Waals surface area contributed by atoms with Gasteiger partial charge in [0.25, 0.3) is 0 Å². The van der Waals surface area contributed by atoms with Crippen LogP contribution >= 0.6 is 11.3 Å². The highest BCUT2D eigenvalue weighted by molar-refractivity contribution is 7.18. The van der Waals surface area contributed by atoms with Crippen molar-refractivity contribution in [2.24, 2.45) is 11.7 Å². The van der Waals surface area contributed by atoms with Crippen molar-refractivity contribution >= 4 is 21.6 Å². The zero-order chi connectivity index (χ0) is 16.5. The molecule has 2 atom stereocenters. The van der Waals surface area contributed by atoms with E-state index in [0.717, 1.165) is 36.7 Å². The maximum Gasteiger partial charge on any atom is 0.0907 e. The van der Waals surface area contributed by atoms with Crippen LogP contribution in [0, 0.1) is 12.8 Å². The first-order valence-electron chi connectivity index (χ1n) is 8.56. The minimum atomic E-state index is 0.543. The second kappa shape index (κ2) is 6.63. The second-order valence-electron chi connectivity index (χ2n) is 6.74. The monoisotopic (exact) mass is 337 g/mol. The summed E-state index contributed by atoms with van der Waals surface area (Å²) in [4.78, 5) is 7.10. The fourth-order valence-corrected chi connectivity index (χ4v) is 4.74. The van der Waals surface area contributed by atoms with E-state index in [-0.39, 0.29) is 0 Å². The maximum atomic E-state index is 6.06. The SMILES string of the molecule is Cc1nc2ccc(CN3C[C@@H](CN)[C@H](c4ccccc4)C3)cc2s1. The standard InChI is InChI=1S/C20H23N3S/c1-14-22-19-8-7-15(9-20(19)24-14)11-23-12-17(10-21)18(13-23)16-5-3-2-4-6-16/h2-9,17-18H,10-13,21H2,1H3/t17-,18+/m1/s1. The van der Waals surface area contributed by atoms with Crippen molar-refractivity contribution in [1.29, 1.82) is 0 Å². The number of nitrogens with two attached hydrogens (primary N) is 1. The van der Waals surface area contributed by atoms with Gasteiger partial charge in [-0.1, -0.05) is 36.4 Å². The summed E-state index contributed by atoms with van der Waals surface area (Å²) >= 11 is 1.78. The topological polar surface area (TPSA) is 42.2 Å². The van der Waals surface area contributed by atoms with Crippen LogP contribution in [0.4, 0.5) is 0 Å². The fraction of sp³-hybridized carbons (Fsp3) is 0.350. The van der Waals surface area contributed by atoms with Gasteiger partial charge >= 0.3 is 0 Å². The Kier molecular flexibility index (Phi) is 4.35. The molecule has 2 N–H and O–H groups in total. The molecule has 0 saturated carbocycles. The number of nitrogens with zero attached hydrogens (tertiary/aromatic N) is 2. The lowest BCUT2D eigenvalue weighted by molar-refractivity contribution is 0.317. The molecule has 4 heteroatoms. The molecule has 0 radical (unpaired) electrons. The van der Waals surface area contributed by atoms with Gasteiger partial charge in [0, 0.05) is 25.6 Å². The minimum absolute atomic E-state index is 0.543. The lowest BCUT2D eigenvalue weighted by atomic mass is 9.89. The van der Waals surface area contributed by atoms with Gasteiger partial charge in [0.2, 0.25) is 0 Å². The Morgan fingerprint density at radius 1 is 1.17 bits per heavy atom.